The number of hydrogen-bond donors (Lipinski definition) is 0. The molecule has 4 heteroatoms. The summed E-state index contributed by atoms with van der Waals surface area (Å²) in [7, 11) is 1.33. The number of hydrogen-bond acceptors (Lipinski definition) is 4. The van der Waals surface area contributed by atoms with E-state index in [1.54, 1.807) is 6.92 Å². The third-order valence-corrected chi connectivity index (χ3v) is 1.35. The lowest BCUT2D eigenvalue weighted by atomic mass is 10.2. The van der Waals surface area contributed by atoms with Gasteiger partial charge in [-0.3, -0.25) is 9.59 Å². The molecule has 0 aromatic rings. The summed E-state index contributed by atoms with van der Waals surface area (Å²) in [4.78, 5) is 21.1. The number of methoxy groups -OCH3 is 1. The zero-order valence-corrected chi connectivity index (χ0v) is 7.62. The molecule has 0 saturated heterocycles. The van der Waals surface area contributed by atoms with E-state index in [9.17, 15) is 9.59 Å². The van der Waals surface area contributed by atoms with Gasteiger partial charge in [-0.2, -0.15) is 0 Å². The highest BCUT2D eigenvalue weighted by atomic mass is 16.5. The van der Waals surface area contributed by atoms with E-state index in [1.807, 2.05) is 0 Å². The average molecular weight is 174 g/mol. The molecular weight excluding hydrogens is 160 g/mol. The van der Waals surface area contributed by atoms with Crippen LogP contribution in [0.15, 0.2) is 0 Å². The van der Waals surface area contributed by atoms with Crippen LogP contribution in [0.1, 0.15) is 26.7 Å². The molecule has 1 atom stereocenters. The maximum Gasteiger partial charge on any atom is 0.305 e. The van der Waals surface area contributed by atoms with E-state index in [0.29, 0.717) is 6.42 Å². The molecule has 0 aromatic carbocycles. The van der Waals surface area contributed by atoms with Crippen molar-refractivity contribution in [3.63, 3.8) is 0 Å². The lowest BCUT2D eigenvalue weighted by molar-refractivity contribution is -0.148. The molecule has 0 rings (SSSR count). The van der Waals surface area contributed by atoms with Gasteiger partial charge in [0.05, 0.1) is 13.2 Å². The van der Waals surface area contributed by atoms with Crippen LogP contribution in [0.5, 0.6) is 0 Å². The Labute approximate surface area is 71.8 Å². The molecule has 0 aliphatic rings. The van der Waals surface area contributed by atoms with Crippen LogP contribution in [0.3, 0.4) is 0 Å². The van der Waals surface area contributed by atoms with Gasteiger partial charge in [-0.05, 0) is 13.3 Å². The van der Waals surface area contributed by atoms with Gasteiger partial charge in [0.2, 0.25) is 0 Å². The Morgan fingerprint density at radius 3 is 2.42 bits per heavy atom. The Morgan fingerprint density at radius 2 is 2.00 bits per heavy atom. The number of rotatable bonds is 4. The summed E-state index contributed by atoms with van der Waals surface area (Å²) in [6.45, 7) is 3.08. The molecule has 0 N–H and O–H groups in total. The first-order valence-electron chi connectivity index (χ1n) is 3.80. The molecule has 0 aliphatic carbocycles. The van der Waals surface area contributed by atoms with Crippen molar-refractivity contribution >= 4 is 11.9 Å². The molecule has 4 nitrogen and oxygen atoms in total. The molecule has 0 aromatic heterocycles. The predicted octanol–water partition coefficient (Wildman–Crippen LogP) is 0.891. The molecule has 1 unspecified atom stereocenters. The van der Waals surface area contributed by atoms with E-state index in [2.05, 4.69) is 4.74 Å². The van der Waals surface area contributed by atoms with E-state index in [-0.39, 0.29) is 24.5 Å². The highest BCUT2D eigenvalue weighted by molar-refractivity contribution is 5.69. The molecule has 0 radical (unpaired) electrons. The molecule has 0 amide bonds. The zero-order chi connectivity index (χ0) is 9.56. The molecule has 0 spiro atoms. The second kappa shape index (κ2) is 5.57. The minimum atomic E-state index is -0.327. The van der Waals surface area contributed by atoms with E-state index in [1.165, 1.54) is 14.0 Å². The van der Waals surface area contributed by atoms with Gasteiger partial charge < -0.3 is 9.47 Å². The Kier molecular flexibility index (Phi) is 5.08. The van der Waals surface area contributed by atoms with Crippen molar-refractivity contribution < 1.29 is 19.1 Å². The fourth-order valence-electron chi connectivity index (χ4n) is 0.765. The maximum absolute atomic E-state index is 10.6. The van der Waals surface area contributed by atoms with Crippen LogP contribution in [0.4, 0.5) is 0 Å². The molecule has 0 fully saturated rings. The molecule has 0 aliphatic heterocycles. The van der Waals surface area contributed by atoms with Gasteiger partial charge in [0.25, 0.3) is 0 Å². The fourth-order valence-corrected chi connectivity index (χ4v) is 0.765. The van der Waals surface area contributed by atoms with Crippen LogP contribution in [-0.4, -0.2) is 25.2 Å². The van der Waals surface area contributed by atoms with Crippen LogP contribution in [0.2, 0.25) is 0 Å². The summed E-state index contributed by atoms with van der Waals surface area (Å²) in [5.41, 5.74) is 0. The molecule has 0 heterocycles. The van der Waals surface area contributed by atoms with E-state index >= 15 is 0 Å². The second-order valence-corrected chi connectivity index (χ2v) is 2.53. The van der Waals surface area contributed by atoms with Crippen molar-refractivity contribution in [2.75, 3.05) is 7.11 Å². The lowest BCUT2D eigenvalue weighted by Crippen LogP contribution is -2.14. The first-order chi connectivity index (χ1) is 5.56. The fraction of sp³-hybridized carbons (Fsp3) is 0.750. The van der Waals surface area contributed by atoms with Gasteiger partial charge in [0.1, 0.15) is 0 Å². The lowest BCUT2D eigenvalue weighted by Gasteiger charge is -2.09. The molecule has 0 bridgehead atoms. The highest BCUT2D eigenvalue weighted by Crippen LogP contribution is 2.02. The van der Waals surface area contributed by atoms with Crippen LogP contribution in [0, 0.1) is 0 Å². The summed E-state index contributed by atoms with van der Waals surface area (Å²) in [5, 5.41) is 0. The molecular formula is C8H14O4. The molecule has 12 heavy (non-hydrogen) atoms. The normalized spacial score (nSPS) is 11.9. The van der Waals surface area contributed by atoms with Gasteiger partial charge in [0.15, 0.2) is 0 Å². The topological polar surface area (TPSA) is 52.6 Å². The van der Waals surface area contributed by atoms with Crippen molar-refractivity contribution in [2.24, 2.45) is 0 Å². The van der Waals surface area contributed by atoms with Crippen LogP contribution in [-0.2, 0) is 19.1 Å². The maximum atomic E-state index is 10.6. The summed E-state index contributed by atoms with van der Waals surface area (Å²) in [6.07, 6.45) is 0.568. The minimum Gasteiger partial charge on any atom is -0.469 e. The van der Waals surface area contributed by atoms with E-state index in [0.717, 1.165) is 0 Å². The number of ether oxygens (including phenoxy) is 2. The Balaban J connectivity index is 3.50. The SMILES string of the molecule is COC(=O)CCC(C)OC(C)=O. The molecule has 0 saturated carbocycles. The summed E-state index contributed by atoms with van der Waals surface area (Å²) >= 11 is 0. The number of esters is 2. The van der Waals surface area contributed by atoms with Crippen molar-refractivity contribution in [3.8, 4) is 0 Å². The van der Waals surface area contributed by atoms with Crippen molar-refractivity contribution in [1.82, 2.24) is 0 Å². The number of carbonyl (C=O) groups is 2. The minimum absolute atomic E-state index is 0.221. The first-order valence-corrected chi connectivity index (χ1v) is 3.80. The average Bonchev–Trinajstić information content (AvgIpc) is 1.99. The van der Waals surface area contributed by atoms with Crippen molar-refractivity contribution in [1.29, 1.82) is 0 Å². The van der Waals surface area contributed by atoms with Crippen LogP contribution < -0.4 is 0 Å². The summed E-state index contributed by atoms with van der Waals surface area (Å²) < 4.78 is 9.22. The summed E-state index contributed by atoms with van der Waals surface area (Å²) in [5.74, 6) is -0.610. The van der Waals surface area contributed by atoms with Gasteiger partial charge in [-0.25, -0.2) is 0 Å². The van der Waals surface area contributed by atoms with E-state index in [4.69, 9.17) is 4.74 Å². The quantitative estimate of drug-likeness (QED) is 0.594. The van der Waals surface area contributed by atoms with Gasteiger partial charge in [-0.1, -0.05) is 0 Å². The van der Waals surface area contributed by atoms with Crippen molar-refractivity contribution in [2.45, 2.75) is 32.8 Å². The zero-order valence-electron chi connectivity index (χ0n) is 7.62. The Hall–Kier alpha value is -1.06. The summed E-state index contributed by atoms with van der Waals surface area (Å²) in [6, 6.07) is 0. The largest absolute Gasteiger partial charge is 0.469 e. The van der Waals surface area contributed by atoms with Gasteiger partial charge in [-0.15, -0.1) is 0 Å². The third-order valence-electron chi connectivity index (χ3n) is 1.35. The first kappa shape index (κ1) is 10.9. The Morgan fingerprint density at radius 1 is 1.42 bits per heavy atom. The smallest absolute Gasteiger partial charge is 0.305 e. The molecule has 70 valence electrons. The van der Waals surface area contributed by atoms with E-state index < -0.39 is 0 Å². The highest BCUT2D eigenvalue weighted by Gasteiger charge is 2.08. The third kappa shape index (κ3) is 5.70. The van der Waals surface area contributed by atoms with Crippen LogP contribution >= 0.6 is 0 Å². The Bertz CT molecular complexity index is 164. The monoisotopic (exact) mass is 174 g/mol. The standard InChI is InChI=1S/C8H14O4/c1-6(12-7(2)9)4-5-8(10)11-3/h6H,4-5H2,1-3H3. The van der Waals surface area contributed by atoms with Gasteiger partial charge >= 0.3 is 11.9 Å². The van der Waals surface area contributed by atoms with Gasteiger partial charge in [0, 0.05) is 13.3 Å². The van der Waals surface area contributed by atoms with Crippen LogP contribution in [0.25, 0.3) is 0 Å². The predicted molar refractivity (Wildman–Crippen MR) is 42.5 cm³/mol. The number of carbonyl (C=O) groups excluding carboxylic acids is 2. The van der Waals surface area contributed by atoms with Crippen molar-refractivity contribution in [3.05, 3.63) is 0 Å². The second-order valence-electron chi connectivity index (χ2n) is 2.53.